The molecule has 0 N–H and O–H groups in total. The summed E-state index contributed by atoms with van der Waals surface area (Å²) in [4.78, 5) is 14.3. The van der Waals surface area contributed by atoms with Gasteiger partial charge < -0.3 is 9.47 Å². The van der Waals surface area contributed by atoms with Crippen molar-refractivity contribution >= 4 is 6.29 Å². The van der Waals surface area contributed by atoms with Crippen molar-refractivity contribution in [3.8, 4) is 11.5 Å². The summed E-state index contributed by atoms with van der Waals surface area (Å²) < 4.78 is 9.89. The molecule has 0 saturated heterocycles. The maximum atomic E-state index is 10.5. The van der Waals surface area contributed by atoms with E-state index in [0.717, 1.165) is 0 Å². The van der Waals surface area contributed by atoms with Gasteiger partial charge in [0.25, 0.3) is 0 Å². The Labute approximate surface area is 70.1 Å². The molecule has 1 aromatic heterocycles. The number of aldehydes is 1. The minimum Gasteiger partial charge on any atom is -0.493 e. The quantitative estimate of drug-likeness (QED) is 0.628. The van der Waals surface area contributed by atoms with Gasteiger partial charge in [-0.3, -0.25) is 4.79 Å². The van der Waals surface area contributed by atoms with E-state index in [1.54, 1.807) is 6.07 Å². The van der Waals surface area contributed by atoms with Crippen LogP contribution in [0.15, 0.2) is 12.3 Å². The molecule has 4 nitrogen and oxygen atoms in total. The molecule has 12 heavy (non-hydrogen) atoms. The summed E-state index contributed by atoms with van der Waals surface area (Å²) in [7, 11) is 2.97. The number of carbonyl (C=O) groups excluding carboxylic acids is 1. The Morgan fingerprint density at radius 2 is 2.17 bits per heavy atom. The van der Waals surface area contributed by atoms with E-state index in [9.17, 15) is 4.79 Å². The summed E-state index contributed by atoms with van der Waals surface area (Å²) in [6.45, 7) is 0. The maximum absolute atomic E-state index is 10.5. The summed E-state index contributed by atoms with van der Waals surface area (Å²) in [5, 5.41) is 0. The smallest absolute Gasteiger partial charge is 0.189 e. The van der Waals surface area contributed by atoms with Crippen molar-refractivity contribution in [3.05, 3.63) is 18.0 Å². The predicted molar refractivity (Wildman–Crippen MR) is 42.7 cm³/mol. The third kappa shape index (κ3) is 1.37. The number of rotatable bonds is 3. The van der Waals surface area contributed by atoms with Crippen LogP contribution in [0.4, 0.5) is 0 Å². The van der Waals surface area contributed by atoms with Crippen LogP contribution in [0, 0.1) is 0 Å². The number of pyridine rings is 1. The molecule has 0 bridgehead atoms. The Balaban J connectivity index is 3.21. The monoisotopic (exact) mass is 167 g/mol. The summed E-state index contributed by atoms with van der Waals surface area (Å²) in [5.41, 5.74) is 0.247. The molecule has 0 amide bonds. The fourth-order valence-electron chi connectivity index (χ4n) is 0.896. The predicted octanol–water partition coefficient (Wildman–Crippen LogP) is 0.911. The fourth-order valence-corrected chi connectivity index (χ4v) is 0.896. The number of hydrogen-bond donors (Lipinski definition) is 0. The second-order valence-corrected chi connectivity index (χ2v) is 2.05. The third-order valence-electron chi connectivity index (χ3n) is 1.43. The van der Waals surface area contributed by atoms with Crippen LogP contribution in [0.5, 0.6) is 11.5 Å². The van der Waals surface area contributed by atoms with Gasteiger partial charge in [-0.2, -0.15) is 0 Å². The lowest BCUT2D eigenvalue weighted by atomic mass is 10.3. The number of carbonyl (C=O) groups is 1. The minimum atomic E-state index is 0.247. The van der Waals surface area contributed by atoms with E-state index in [1.807, 2.05) is 0 Å². The Bertz CT molecular complexity index is 286. The van der Waals surface area contributed by atoms with Crippen molar-refractivity contribution in [2.75, 3.05) is 14.2 Å². The Morgan fingerprint density at radius 1 is 1.42 bits per heavy atom. The minimum absolute atomic E-state index is 0.247. The van der Waals surface area contributed by atoms with Gasteiger partial charge in [0.05, 0.1) is 14.2 Å². The van der Waals surface area contributed by atoms with Gasteiger partial charge in [0, 0.05) is 12.3 Å². The molecule has 0 aliphatic heterocycles. The van der Waals surface area contributed by atoms with Crippen LogP contribution >= 0.6 is 0 Å². The molecule has 0 spiro atoms. The SMILES string of the molecule is COc1ccnc(C=O)c1OC. The molecular weight excluding hydrogens is 158 g/mol. The first-order chi connectivity index (χ1) is 5.83. The molecule has 64 valence electrons. The topological polar surface area (TPSA) is 48.4 Å². The van der Waals surface area contributed by atoms with Crippen LogP contribution in [0.1, 0.15) is 10.5 Å². The van der Waals surface area contributed by atoms with Gasteiger partial charge in [-0.15, -0.1) is 0 Å². The lowest BCUT2D eigenvalue weighted by Gasteiger charge is -2.07. The molecule has 0 atom stereocenters. The van der Waals surface area contributed by atoms with E-state index in [-0.39, 0.29) is 5.69 Å². The first kappa shape index (κ1) is 8.52. The number of ether oxygens (including phenoxy) is 2. The highest BCUT2D eigenvalue weighted by atomic mass is 16.5. The van der Waals surface area contributed by atoms with E-state index in [2.05, 4.69) is 4.98 Å². The lowest BCUT2D eigenvalue weighted by Crippen LogP contribution is -1.97. The van der Waals surface area contributed by atoms with Crippen molar-refractivity contribution < 1.29 is 14.3 Å². The number of aromatic nitrogens is 1. The van der Waals surface area contributed by atoms with Crippen molar-refractivity contribution in [1.29, 1.82) is 0 Å². The summed E-state index contributed by atoms with van der Waals surface area (Å²) in [6.07, 6.45) is 2.12. The zero-order chi connectivity index (χ0) is 8.97. The second kappa shape index (κ2) is 3.71. The van der Waals surface area contributed by atoms with Crippen LogP contribution in [-0.2, 0) is 0 Å². The van der Waals surface area contributed by atoms with E-state index in [0.29, 0.717) is 17.8 Å². The molecule has 1 heterocycles. The van der Waals surface area contributed by atoms with Gasteiger partial charge in [-0.1, -0.05) is 0 Å². The average molecular weight is 167 g/mol. The second-order valence-electron chi connectivity index (χ2n) is 2.05. The Hall–Kier alpha value is -1.58. The summed E-state index contributed by atoms with van der Waals surface area (Å²) in [5.74, 6) is 0.879. The van der Waals surface area contributed by atoms with Gasteiger partial charge in [0.2, 0.25) is 0 Å². The first-order valence-electron chi connectivity index (χ1n) is 3.35. The number of nitrogens with zero attached hydrogens (tertiary/aromatic N) is 1. The molecule has 1 aromatic rings. The van der Waals surface area contributed by atoms with Crippen molar-refractivity contribution in [1.82, 2.24) is 4.98 Å². The molecular formula is C8H9NO3. The highest BCUT2D eigenvalue weighted by molar-refractivity contribution is 5.78. The summed E-state index contributed by atoms with van der Waals surface area (Å²) in [6, 6.07) is 1.63. The molecule has 1 rings (SSSR count). The van der Waals surface area contributed by atoms with Gasteiger partial charge in [0.15, 0.2) is 17.8 Å². The van der Waals surface area contributed by atoms with Crippen LogP contribution in [0.2, 0.25) is 0 Å². The molecule has 0 radical (unpaired) electrons. The maximum Gasteiger partial charge on any atom is 0.189 e. The normalized spacial score (nSPS) is 9.17. The molecule has 0 saturated carbocycles. The van der Waals surface area contributed by atoms with E-state index < -0.39 is 0 Å². The van der Waals surface area contributed by atoms with Crippen molar-refractivity contribution in [2.45, 2.75) is 0 Å². The fraction of sp³-hybridized carbons (Fsp3) is 0.250. The number of hydrogen-bond acceptors (Lipinski definition) is 4. The largest absolute Gasteiger partial charge is 0.493 e. The van der Waals surface area contributed by atoms with E-state index in [4.69, 9.17) is 9.47 Å². The summed E-state index contributed by atoms with van der Waals surface area (Å²) >= 11 is 0. The molecule has 0 aromatic carbocycles. The Morgan fingerprint density at radius 3 is 2.67 bits per heavy atom. The highest BCUT2D eigenvalue weighted by Crippen LogP contribution is 2.27. The zero-order valence-electron chi connectivity index (χ0n) is 6.90. The molecule has 0 aliphatic carbocycles. The lowest BCUT2D eigenvalue weighted by molar-refractivity contribution is 0.111. The van der Waals surface area contributed by atoms with Crippen LogP contribution in [0.3, 0.4) is 0 Å². The van der Waals surface area contributed by atoms with E-state index in [1.165, 1.54) is 20.4 Å². The molecule has 0 aliphatic rings. The van der Waals surface area contributed by atoms with Gasteiger partial charge in [0.1, 0.15) is 5.69 Å². The number of methoxy groups -OCH3 is 2. The first-order valence-corrected chi connectivity index (χ1v) is 3.35. The molecule has 0 unspecified atom stereocenters. The Kier molecular flexibility index (Phi) is 2.63. The average Bonchev–Trinajstić information content (AvgIpc) is 2.16. The molecule has 0 fully saturated rings. The zero-order valence-corrected chi connectivity index (χ0v) is 6.90. The highest BCUT2D eigenvalue weighted by Gasteiger charge is 2.08. The van der Waals surface area contributed by atoms with Crippen LogP contribution < -0.4 is 9.47 Å². The molecule has 4 heteroatoms. The van der Waals surface area contributed by atoms with Gasteiger partial charge in [-0.25, -0.2) is 4.98 Å². The van der Waals surface area contributed by atoms with Gasteiger partial charge in [-0.05, 0) is 0 Å². The standard InChI is InChI=1S/C8H9NO3/c1-11-7-3-4-9-6(5-10)8(7)12-2/h3-5H,1-2H3. The van der Waals surface area contributed by atoms with Crippen LogP contribution in [-0.4, -0.2) is 25.5 Å². The third-order valence-corrected chi connectivity index (χ3v) is 1.43. The van der Waals surface area contributed by atoms with Crippen LogP contribution in [0.25, 0.3) is 0 Å². The van der Waals surface area contributed by atoms with Crippen molar-refractivity contribution in [2.24, 2.45) is 0 Å². The van der Waals surface area contributed by atoms with Crippen molar-refractivity contribution in [3.63, 3.8) is 0 Å². The van der Waals surface area contributed by atoms with Gasteiger partial charge >= 0.3 is 0 Å². The van der Waals surface area contributed by atoms with E-state index >= 15 is 0 Å².